The van der Waals surface area contributed by atoms with Gasteiger partial charge in [-0.1, -0.05) is 15.9 Å². The summed E-state index contributed by atoms with van der Waals surface area (Å²) in [5, 5.41) is 3.16. The second-order valence-corrected chi connectivity index (χ2v) is 4.36. The van der Waals surface area contributed by atoms with Crippen molar-refractivity contribution in [3.8, 4) is 5.75 Å². The molecule has 0 aliphatic carbocycles. The molecule has 4 nitrogen and oxygen atoms in total. The van der Waals surface area contributed by atoms with Gasteiger partial charge in [0.05, 0.1) is 12.8 Å². The topological polar surface area (TPSA) is 60.2 Å². The van der Waals surface area contributed by atoms with Crippen molar-refractivity contribution in [2.24, 2.45) is 0 Å². The van der Waals surface area contributed by atoms with Crippen LogP contribution >= 0.6 is 15.9 Å². The Morgan fingerprint density at radius 1 is 1.29 bits per heavy atom. The van der Waals surface area contributed by atoms with Crippen LogP contribution in [0.3, 0.4) is 0 Å². The van der Waals surface area contributed by atoms with Crippen LogP contribution in [-0.4, -0.2) is 12.1 Å². The van der Waals surface area contributed by atoms with Gasteiger partial charge in [-0.3, -0.25) is 0 Å². The number of nitrogens with zero attached hydrogens (tertiary/aromatic N) is 1. The minimum Gasteiger partial charge on any atom is -0.495 e. The van der Waals surface area contributed by atoms with E-state index in [1.54, 1.807) is 25.4 Å². The third-order valence-corrected chi connectivity index (χ3v) is 2.70. The first-order valence-corrected chi connectivity index (χ1v) is 5.80. The highest BCUT2D eigenvalue weighted by molar-refractivity contribution is 9.10. The molecule has 2 rings (SSSR count). The largest absolute Gasteiger partial charge is 0.495 e. The van der Waals surface area contributed by atoms with Crippen LogP contribution in [0.25, 0.3) is 0 Å². The van der Waals surface area contributed by atoms with E-state index in [4.69, 9.17) is 10.5 Å². The van der Waals surface area contributed by atoms with Gasteiger partial charge in [-0.25, -0.2) is 4.98 Å². The zero-order valence-electron chi connectivity index (χ0n) is 9.27. The molecule has 1 heterocycles. The number of anilines is 3. The molecule has 0 amide bonds. The molecule has 0 radical (unpaired) electrons. The molecule has 0 atom stereocenters. The third kappa shape index (κ3) is 2.88. The minimum absolute atomic E-state index is 0.663. The fourth-order valence-corrected chi connectivity index (χ4v) is 1.79. The van der Waals surface area contributed by atoms with Crippen LogP contribution in [0.2, 0.25) is 0 Å². The molecule has 0 aliphatic rings. The number of aromatic nitrogens is 1. The molecule has 0 spiro atoms. The van der Waals surface area contributed by atoms with Crippen molar-refractivity contribution < 1.29 is 4.74 Å². The van der Waals surface area contributed by atoms with Gasteiger partial charge in [0.25, 0.3) is 0 Å². The van der Waals surface area contributed by atoms with E-state index in [-0.39, 0.29) is 0 Å². The zero-order chi connectivity index (χ0) is 12.3. The Kier molecular flexibility index (Phi) is 3.49. The summed E-state index contributed by atoms with van der Waals surface area (Å²) in [4.78, 5) is 4.18. The summed E-state index contributed by atoms with van der Waals surface area (Å²) in [6.07, 6.45) is 1.65. The van der Waals surface area contributed by atoms with Crippen LogP contribution in [0, 0.1) is 0 Å². The highest BCUT2D eigenvalue weighted by Gasteiger charge is 2.04. The van der Waals surface area contributed by atoms with Crippen LogP contribution in [0.1, 0.15) is 0 Å². The van der Waals surface area contributed by atoms with E-state index in [1.807, 2.05) is 18.2 Å². The number of hydrogen-bond donors (Lipinski definition) is 2. The van der Waals surface area contributed by atoms with Crippen LogP contribution in [0.5, 0.6) is 5.75 Å². The fourth-order valence-electron chi connectivity index (χ4n) is 1.43. The van der Waals surface area contributed by atoms with Crippen molar-refractivity contribution in [2.45, 2.75) is 0 Å². The van der Waals surface area contributed by atoms with Crippen LogP contribution < -0.4 is 15.8 Å². The average Bonchev–Trinajstić information content (AvgIpc) is 2.29. The summed E-state index contributed by atoms with van der Waals surface area (Å²) >= 11 is 3.41. The van der Waals surface area contributed by atoms with Gasteiger partial charge in [0.1, 0.15) is 11.6 Å². The number of halogens is 1. The molecule has 3 N–H and O–H groups in total. The Morgan fingerprint density at radius 3 is 2.82 bits per heavy atom. The minimum atomic E-state index is 0.663. The van der Waals surface area contributed by atoms with Crippen molar-refractivity contribution >= 4 is 33.1 Å². The van der Waals surface area contributed by atoms with Crippen molar-refractivity contribution in [3.05, 3.63) is 41.0 Å². The monoisotopic (exact) mass is 293 g/mol. The van der Waals surface area contributed by atoms with E-state index in [0.29, 0.717) is 11.5 Å². The standard InChI is InChI=1S/C12H12BrN3O/c1-17-11-3-2-8(13)6-10(11)16-12-7-9(14)4-5-15-12/h2-7H,1H3,(H3,14,15,16). The lowest BCUT2D eigenvalue weighted by Gasteiger charge is -2.11. The summed E-state index contributed by atoms with van der Waals surface area (Å²) in [6, 6.07) is 9.21. The lowest BCUT2D eigenvalue weighted by molar-refractivity contribution is 0.416. The Morgan fingerprint density at radius 2 is 2.12 bits per heavy atom. The molecule has 2 aromatic rings. The number of nitrogens with two attached hydrogens (primary N) is 1. The van der Waals surface area contributed by atoms with Gasteiger partial charge in [0.2, 0.25) is 0 Å². The molecule has 0 unspecified atom stereocenters. The average molecular weight is 294 g/mol. The highest BCUT2D eigenvalue weighted by atomic mass is 79.9. The van der Waals surface area contributed by atoms with Crippen LogP contribution in [-0.2, 0) is 0 Å². The smallest absolute Gasteiger partial charge is 0.142 e. The summed E-state index contributed by atoms with van der Waals surface area (Å²) in [5.74, 6) is 1.43. The number of methoxy groups -OCH3 is 1. The normalized spacial score (nSPS) is 10.0. The molecule has 0 saturated carbocycles. The van der Waals surface area contributed by atoms with E-state index in [2.05, 4.69) is 26.2 Å². The molecule has 0 saturated heterocycles. The maximum absolute atomic E-state index is 5.69. The van der Waals surface area contributed by atoms with Gasteiger partial charge in [-0.15, -0.1) is 0 Å². The Hall–Kier alpha value is -1.75. The number of ether oxygens (including phenoxy) is 1. The number of nitrogens with one attached hydrogen (secondary N) is 1. The molecule has 17 heavy (non-hydrogen) atoms. The maximum atomic E-state index is 5.69. The van der Waals surface area contributed by atoms with E-state index >= 15 is 0 Å². The molecule has 0 fully saturated rings. The number of pyridine rings is 1. The summed E-state index contributed by atoms with van der Waals surface area (Å²) in [5.41, 5.74) is 7.19. The zero-order valence-corrected chi connectivity index (χ0v) is 10.9. The third-order valence-electron chi connectivity index (χ3n) is 2.21. The predicted octanol–water partition coefficient (Wildman–Crippen LogP) is 3.18. The van der Waals surface area contributed by atoms with Crippen LogP contribution in [0.4, 0.5) is 17.2 Å². The number of nitrogen functional groups attached to an aromatic ring is 1. The lowest BCUT2D eigenvalue weighted by atomic mass is 10.3. The van der Waals surface area contributed by atoms with E-state index in [0.717, 1.165) is 15.9 Å². The highest BCUT2D eigenvalue weighted by Crippen LogP contribution is 2.30. The fraction of sp³-hybridized carbons (Fsp3) is 0.0833. The molecule has 1 aromatic carbocycles. The van der Waals surface area contributed by atoms with Crippen molar-refractivity contribution in [3.63, 3.8) is 0 Å². The SMILES string of the molecule is COc1ccc(Br)cc1Nc1cc(N)ccn1. The van der Waals surface area contributed by atoms with Crippen molar-refractivity contribution in [2.75, 3.05) is 18.2 Å². The van der Waals surface area contributed by atoms with Crippen LogP contribution in [0.15, 0.2) is 41.0 Å². The first-order chi connectivity index (χ1) is 8.19. The Labute approximate surface area is 108 Å². The number of hydrogen-bond acceptors (Lipinski definition) is 4. The molecular weight excluding hydrogens is 282 g/mol. The van der Waals surface area contributed by atoms with E-state index in [1.165, 1.54) is 0 Å². The van der Waals surface area contributed by atoms with E-state index < -0.39 is 0 Å². The summed E-state index contributed by atoms with van der Waals surface area (Å²) < 4.78 is 6.22. The lowest BCUT2D eigenvalue weighted by Crippen LogP contribution is -1.97. The van der Waals surface area contributed by atoms with Gasteiger partial charge in [0.15, 0.2) is 0 Å². The molecule has 0 aliphatic heterocycles. The number of benzene rings is 1. The second-order valence-electron chi connectivity index (χ2n) is 3.44. The quantitative estimate of drug-likeness (QED) is 0.912. The predicted molar refractivity (Wildman–Crippen MR) is 72.6 cm³/mol. The molecule has 88 valence electrons. The maximum Gasteiger partial charge on any atom is 0.142 e. The molecule has 1 aromatic heterocycles. The van der Waals surface area contributed by atoms with Gasteiger partial charge in [-0.2, -0.15) is 0 Å². The molecule has 0 bridgehead atoms. The first-order valence-electron chi connectivity index (χ1n) is 5.01. The van der Waals surface area contributed by atoms with Crippen molar-refractivity contribution in [1.82, 2.24) is 4.98 Å². The summed E-state index contributed by atoms with van der Waals surface area (Å²) in [7, 11) is 1.63. The first kappa shape index (κ1) is 11.7. The van der Waals surface area contributed by atoms with Gasteiger partial charge in [0, 0.05) is 22.4 Å². The Balaban J connectivity index is 2.32. The van der Waals surface area contributed by atoms with E-state index in [9.17, 15) is 0 Å². The van der Waals surface area contributed by atoms with Crippen molar-refractivity contribution in [1.29, 1.82) is 0 Å². The molecule has 5 heteroatoms. The van der Waals surface area contributed by atoms with Gasteiger partial charge < -0.3 is 15.8 Å². The second kappa shape index (κ2) is 5.05. The van der Waals surface area contributed by atoms with Gasteiger partial charge in [-0.05, 0) is 24.3 Å². The Bertz CT molecular complexity index is 531. The summed E-state index contributed by atoms with van der Waals surface area (Å²) in [6.45, 7) is 0. The number of rotatable bonds is 3. The van der Waals surface area contributed by atoms with Gasteiger partial charge >= 0.3 is 0 Å². The molecular formula is C12H12BrN3O.